The molecule has 1 aromatic rings. The van der Waals surface area contributed by atoms with Crippen molar-refractivity contribution in [2.45, 2.75) is 6.92 Å². The predicted molar refractivity (Wildman–Crippen MR) is 76.2 cm³/mol. The number of carbonyl (C=O) groups excluding carboxylic acids is 2. The Balaban J connectivity index is 2.96. The fourth-order valence-corrected chi connectivity index (χ4v) is 1.61. The molecule has 5 heteroatoms. The van der Waals surface area contributed by atoms with E-state index in [1.165, 1.54) is 11.9 Å². The van der Waals surface area contributed by atoms with Crippen LogP contribution in [0.2, 0.25) is 0 Å². The number of hydrogen-bond donors (Lipinski definition) is 2. The Hall–Kier alpha value is -2.32. The Morgan fingerprint density at radius 1 is 1.40 bits per heavy atom. The maximum atomic E-state index is 12.2. The first-order valence-corrected chi connectivity index (χ1v) is 6.16. The second kappa shape index (κ2) is 7.31. The second-order valence-electron chi connectivity index (χ2n) is 4.32. The first-order valence-electron chi connectivity index (χ1n) is 6.16. The molecule has 0 heterocycles. The standard InChI is InChI=1S/C15H18N2O3/c1-11-6-7-13(9-12(11)5-4-8-18)15(20)17(3)10-14(19)16-2/h6-7,9,18H,8,10H2,1-3H3,(H,16,19). The number of benzene rings is 1. The van der Waals surface area contributed by atoms with Crippen LogP contribution < -0.4 is 5.32 Å². The molecule has 1 aromatic carbocycles. The van der Waals surface area contributed by atoms with Crippen molar-refractivity contribution in [1.82, 2.24) is 10.2 Å². The van der Waals surface area contributed by atoms with E-state index in [9.17, 15) is 9.59 Å². The molecule has 0 bridgehead atoms. The average molecular weight is 274 g/mol. The molecule has 0 radical (unpaired) electrons. The smallest absolute Gasteiger partial charge is 0.254 e. The molecule has 0 fully saturated rings. The van der Waals surface area contributed by atoms with Gasteiger partial charge in [-0.05, 0) is 24.6 Å². The highest BCUT2D eigenvalue weighted by atomic mass is 16.2. The first kappa shape index (κ1) is 15.7. The third-order valence-corrected chi connectivity index (χ3v) is 2.79. The third kappa shape index (κ3) is 4.11. The van der Waals surface area contributed by atoms with Crippen molar-refractivity contribution < 1.29 is 14.7 Å². The van der Waals surface area contributed by atoms with E-state index in [1.807, 2.05) is 6.92 Å². The van der Waals surface area contributed by atoms with Gasteiger partial charge in [0, 0.05) is 25.2 Å². The predicted octanol–water partition coefficient (Wildman–Crippen LogP) is 0.157. The lowest BCUT2D eigenvalue weighted by molar-refractivity contribution is -0.121. The number of amides is 2. The zero-order valence-corrected chi connectivity index (χ0v) is 11.9. The van der Waals surface area contributed by atoms with E-state index in [0.717, 1.165) is 5.56 Å². The number of nitrogens with one attached hydrogen (secondary N) is 1. The molecule has 20 heavy (non-hydrogen) atoms. The van der Waals surface area contributed by atoms with E-state index in [-0.39, 0.29) is 25.0 Å². The molecule has 0 aliphatic heterocycles. The number of hydrogen-bond acceptors (Lipinski definition) is 3. The lowest BCUT2D eigenvalue weighted by Crippen LogP contribution is -2.36. The quantitative estimate of drug-likeness (QED) is 0.771. The van der Waals surface area contributed by atoms with E-state index < -0.39 is 0 Å². The zero-order chi connectivity index (χ0) is 15.1. The highest BCUT2D eigenvalue weighted by Gasteiger charge is 2.14. The summed E-state index contributed by atoms with van der Waals surface area (Å²) in [7, 11) is 3.09. The Kier molecular flexibility index (Phi) is 5.75. The molecule has 5 nitrogen and oxygen atoms in total. The maximum Gasteiger partial charge on any atom is 0.254 e. The van der Waals surface area contributed by atoms with Crippen molar-refractivity contribution in [1.29, 1.82) is 0 Å². The van der Waals surface area contributed by atoms with Gasteiger partial charge < -0.3 is 15.3 Å². The molecule has 0 saturated carbocycles. The van der Waals surface area contributed by atoms with Gasteiger partial charge in [0.2, 0.25) is 5.91 Å². The zero-order valence-electron chi connectivity index (χ0n) is 11.9. The van der Waals surface area contributed by atoms with Crippen LogP contribution in [0.5, 0.6) is 0 Å². The fourth-order valence-electron chi connectivity index (χ4n) is 1.61. The van der Waals surface area contributed by atoms with Crippen molar-refractivity contribution >= 4 is 11.8 Å². The molecule has 0 aromatic heterocycles. The summed E-state index contributed by atoms with van der Waals surface area (Å²) in [4.78, 5) is 24.8. The van der Waals surface area contributed by atoms with Gasteiger partial charge in [-0.15, -0.1) is 0 Å². The fraction of sp³-hybridized carbons (Fsp3) is 0.333. The average Bonchev–Trinajstić information content (AvgIpc) is 2.45. The minimum Gasteiger partial charge on any atom is -0.384 e. The van der Waals surface area contributed by atoms with Crippen LogP contribution in [0.1, 0.15) is 21.5 Å². The lowest BCUT2D eigenvalue weighted by Gasteiger charge is -2.16. The van der Waals surface area contributed by atoms with Crippen molar-refractivity contribution in [2.75, 3.05) is 27.2 Å². The summed E-state index contributed by atoms with van der Waals surface area (Å²) >= 11 is 0. The van der Waals surface area contributed by atoms with Crippen LogP contribution in [0.15, 0.2) is 18.2 Å². The van der Waals surface area contributed by atoms with Crippen LogP contribution in [0.3, 0.4) is 0 Å². The summed E-state index contributed by atoms with van der Waals surface area (Å²) in [5, 5.41) is 11.2. The molecule has 0 spiro atoms. The summed E-state index contributed by atoms with van der Waals surface area (Å²) in [6.07, 6.45) is 0. The molecule has 2 N–H and O–H groups in total. The number of likely N-dealkylation sites (N-methyl/N-ethyl adjacent to an activating group) is 2. The van der Waals surface area contributed by atoms with E-state index >= 15 is 0 Å². The molecule has 0 unspecified atom stereocenters. The van der Waals surface area contributed by atoms with Gasteiger partial charge in [-0.25, -0.2) is 0 Å². The Morgan fingerprint density at radius 3 is 2.70 bits per heavy atom. The Bertz CT molecular complexity index is 570. The normalized spacial score (nSPS) is 9.40. The lowest BCUT2D eigenvalue weighted by atomic mass is 10.0. The van der Waals surface area contributed by atoms with E-state index in [1.54, 1.807) is 25.2 Å². The number of rotatable bonds is 3. The summed E-state index contributed by atoms with van der Waals surface area (Å²) in [6, 6.07) is 5.16. The maximum absolute atomic E-state index is 12.2. The van der Waals surface area contributed by atoms with Gasteiger partial charge in [0.15, 0.2) is 0 Å². The molecule has 106 valence electrons. The summed E-state index contributed by atoms with van der Waals surface area (Å²) in [5.74, 6) is 4.88. The minimum absolute atomic E-state index is 0.000855. The number of aliphatic hydroxyl groups is 1. The van der Waals surface area contributed by atoms with Gasteiger partial charge in [0.05, 0.1) is 6.54 Å². The number of carbonyl (C=O) groups is 2. The van der Waals surface area contributed by atoms with Gasteiger partial charge in [-0.3, -0.25) is 9.59 Å². The minimum atomic E-state index is -0.249. The van der Waals surface area contributed by atoms with Crippen molar-refractivity contribution in [3.8, 4) is 11.8 Å². The van der Waals surface area contributed by atoms with Crippen molar-refractivity contribution in [2.24, 2.45) is 0 Å². The monoisotopic (exact) mass is 274 g/mol. The Morgan fingerprint density at radius 2 is 2.10 bits per heavy atom. The van der Waals surface area contributed by atoms with Gasteiger partial charge >= 0.3 is 0 Å². The van der Waals surface area contributed by atoms with Gasteiger partial charge in [-0.2, -0.15) is 0 Å². The van der Waals surface area contributed by atoms with Crippen LogP contribution >= 0.6 is 0 Å². The molecular weight excluding hydrogens is 256 g/mol. The molecular formula is C15H18N2O3. The molecule has 0 saturated heterocycles. The van der Waals surface area contributed by atoms with Crippen LogP contribution in [0.25, 0.3) is 0 Å². The van der Waals surface area contributed by atoms with E-state index in [2.05, 4.69) is 17.2 Å². The number of nitrogens with zero attached hydrogens (tertiary/aromatic N) is 1. The highest BCUT2D eigenvalue weighted by molar-refractivity contribution is 5.96. The van der Waals surface area contributed by atoms with E-state index in [0.29, 0.717) is 11.1 Å². The molecule has 0 atom stereocenters. The van der Waals surface area contributed by atoms with Crippen molar-refractivity contribution in [3.63, 3.8) is 0 Å². The van der Waals surface area contributed by atoms with Crippen molar-refractivity contribution in [3.05, 3.63) is 34.9 Å². The number of aryl methyl sites for hydroxylation is 1. The largest absolute Gasteiger partial charge is 0.384 e. The highest BCUT2D eigenvalue weighted by Crippen LogP contribution is 2.12. The topological polar surface area (TPSA) is 69.6 Å². The molecule has 0 aliphatic rings. The first-order chi connectivity index (χ1) is 9.49. The summed E-state index contributed by atoms with van der Waals surface area (Å²) in [6.45, 7) is 1.65. The van der Waals surface area contributed by atoms with Crippen LogP contribution in [-0.4, -0.2) is 49.1 Å². The van der Waals surface area contributed by atoms with Gasteiger partial charge in [0.25, 0.3) is 5.91 Å². The van der Waals surface area contributed by atoms with Crippen LogP contribution in [0.4, 0.5) is 0 Å². The molecule has 0 aliphatic carbocycles. The van der Waals surface area contributed by atoms with Crippen LogP contribution in [-0.2, 0) is 4.79 Å². The summed E-state index contributed by atoms with van der Waals surface area (Å²) < 4.78 is 0. The van der Waals surface area contributed by atoms with E-state index in [4.69, 9.17) is 5.11 Å². The SMILES string of the molecule is CNC(=O)CN(C)C(=O)c1ccc(C)c(C#CCO)c1. The second-order valence-corrected chi connectivity index (χ2v) is 4.32. The number of aliphatic hydroxyl groups excluding tert-OH is 1. The Labute approximate surface area is 118 Å². The third-order valence-electron chi connectivity index (χ3n) is 2.79. The van der Waals surface area contributed by atoms with Crippen LogP contribution in [0, 0.1) is 18.8 Å². The van der Waals surface area contributed by atoms with Gasteiger partial charge in [-0.1, -0.05) is 17.9 Å². The summed E-state index contributed by atoms with van der Waals surface area (Å²) in [5.41, 5.74) is 2.08. The van der Waals surface area contributed by atoms with Gasteiger partial charge in [0.1, 0.15) is 6.61 Å². The molecule has 2 amide bonds. The molecule has 1 rings (SSSR count).